The molecule has 0 radical (unpaired) electrons. The predicted molar refractivity (Wildman–Crippen MR) is 105 cm³/mol. The second-order valence-corrected chi connectivity index (χ2v) is 6.01. The molecule has 2 aromatic carbocycles. The van der Waals surface area contributed by atoms with Crippen LogP contribution in [0.25, 0.3) is 21.9 Å². The molecule has 28 heavy (non-hydrogen) atoms. The number of rotatable bonds is 4. The average molecular weight is 380 g/mol. The Morgan fingerprint density at radius 3 is 2.61 bits per heavy atom. The largest absolute Gasteiger partial charge is 0.504 e. The Kier molecular flexibility index (Phi) is 4.11. The van der Waals surface area contributed by atoms with Crippen LogP contribution in [0.2, 0.25) is 0 Å². The van der Waals surface area contributed by atoms with Gasteiger partial charge in [-0.1, -0.05) is 0 Å². The van der Waals surface area contributed by atoms with E-state index >= 15 is 0 Å². The zero-order chi connectivity index (χ0) is 19.8. The molecule has 0 unspecified atom stereocenters. The third-order valence-corrected chi connectivity index (χ3v) is 4.36. The zero-order valence-electron chi connectivity index (χ0n) is 15.0. The van der Waals surface area contributed by atoms with Crippen LogP contribution < -0.4 is 20.7 Å². The summed E-state index contributed by atoms with van der Waals surface area (Å²) in [5.41, 5.74) is 0.583. The summed E-state index contributed by atoms with van der Waals surface area (Å²) in [5, 5.41) is 14.3. The maximum atomic E-state index is 12.8. The van der Waals surface area contributed by atoms with Gasteiger partial charge in [-0.3, -0.25) is 4.79 Å². The number of nitrogens with zero attached hydrogens (tertiary/aromatic N) is 2. The Morgan fingerprint density at radius 1 is 1.04 bits per heavy atom. The van der Waals surface area contributed by atoms with E-state index in [9.17, 15) is 14.7 Å². The Hall–Kier alpha value is -4.01. The highest BCUT2D eigenvalue weighted by molar-refractivity contribution is 6.04. The number of aromatic nitrogens is 3. The van der Waals surface area contributed by atoms with Gasteiger partial charge >= 0.3 is 11.2 Å². The predicted octanol–water partition coefficient (Wildman–Crippen LogP) is 1.78. The summed E-state index contributed by atoms with van der Waals surface area (Å²) < 4.78 is 11.0. The smallest absolute Gasteiger partial charge is 0.350 e. The van der Waals surface area contributed by atoms with Crippen molar-refractivity contribution >= 4 is 28.2 Å². The first-order valence-electron chi connectivity index (χ1n) is 8.28. The summed E-state index contributed by atoms with van der Waals surface area (Å²) >= 11 is 0. The first-order chi connectivity index (χ1) is 13.5. The van der Waals surface area contributed by atoms with Gasteiger partial charge in [0.1, 0.15) is 11.3 Å². The Balaban J connectivity index is 1.85. The van der Waals surface area contributed by atoms with Crippen LogP contribution in [0.3, 0.4) is 0 Å². The number of H-pyrrole nitrogens is 2. The molecule has 2 aromatic heterocycles. The monoisotopic (exact) mass is 380 g/mol. The van der Waals surface area contributed by atoms with Crippen LogP contribution in [-0.2, 0) is 0 Å². The number of aromatic hydroxyl groups is 1. The topological polar surface area (TPSA) is 122 Å². The molecule has 2 heterocycles. The molecule has 0 spiro atoms. The first-order valence-corrected chi connectivity index (χ1v) is 8.28. The van der Waals surface area contributed by atoms with E-state index in [-0.39, 0.29) is 17.0 Å². The lowest BCUT2D eigenvalue weighted by Crippen LogP contribution is -2.32. The molecule has 9 heteroatoms. The number of nitrogens with one attached hydrogen (secondary N) is 2. The van der Waals surface area contributed by atoms with Crippen LogP contribution in [-0.4, -0.2) is 40.2 Å². The van der Waals surface area contributed by atoms with E-state index in [4.69, 9.17) is 9.47 Å². The van der Waals surface area contributed by atoms with E-state index in [1.54, 1.807) is 31.4 Å². The zero-order valence-corrected chi connectivity index (χ0v) is 15.0. The van der Waals surface area contributed by atoms with Crippen molar-refractivity contribution in [1.82, 2.24) is 14.6 Å². The van der Waals surface area contributed by atoms with Crippen molar-refractivity contribution in [3.8, 4) is 17.2 Å². The van der Waals surface area contributed by atoms with Crippen LogP contribution in [0.5, 0.6) is 17.2 Å². The normalized spacial score (nSPS) is 11.5. The fourth-order valence-corrected chi connectivity index (χ4v) is 2.95. The lowest BCUT2D eigenvalue weighted by Gasteiger charge is -2.03. The van der Waals surface area contributed by atoms with Gasteiger partial charge in [0.15, 0.2) is 11.5 Å². The van der Waals surface area contributed by atoms with Crippen LogP contribution in [0.4, 0.5) is 0 Å². The molecule has 3 N–H and O–H groups in total. The SMILES string of the molecule is COc1ccc2[nH]c3c(=O)n(/N=C/c4ccc(O)c(OC)c4)c(=O)[nH]c3c2c1. The van der Waals surface area contributed by atoms with Crippen molar-refractivity contribution in [1.29, 1.82) is 0 Å². The molecule has 0 saturated heterocycles. The van der Waals surface area contributed by atoms with Crippen molar-refractivity contribution in [2.45, 2.75) is 0 Å². The van der Waals surface area contributed by atoms with Gasteiger partial charge in [0.2, 0.25) is 0 Å². The minimum absolute atomic E-state index is 0.0235. The molecule has 0 aliphatic carbocycles. The number of methoxy groups -OCH3 is 2. The Morgan fingerprint density at radius 2 is 1.86 bits per heavy atom. The van der Waals surface area contributed by atoms with Crippen molar-refractivity contribution < 1.29 is 14.6 Å². The lowest BCUT2D eigenvalue weighted by molar-refractivity contribution is 0.373. The Bertz CT molecular complexity index is 1350. The first kappa shape index (κ1) is 17.4. The number of phenolic OH excluding ortho intramolecular Hbond substituents is 1. The van der Waals surface area contributed by atoms with Gasteiger partial charge in [0.25, 0.3) is 0 Å². The molecule has 0 bridgehead atoms. The molecule has 0 saturated carbocycles. The van der Waals surface area contributed by atoms with Gasteiger partial charge in [-0.2, -0.15) is 5.10 Å². The molecule has 0 aliphatic rings. The quantitative estimate of drug-likeness (QED) is 0.466. The molecular formula is C19H16N4O5. The maximum absolute atomic E-state index is 12.8. The highest BCUT2D eigenvalue weighted by Gasteiger charge is 2.13. The number of hydrogen-bond acceptors (Lipinski definition) is 6. The van der Waals surface area contributed by atoms with Gasteiger partial charge in [0, 0.05) is 10.9 Å². The summed E-state index contributed by atoms with van der Waals surface area (Å²) in [5.74, 6) is 0.840. The summed E-state index contributed by atoms with van der Waals surface area (Å²) in [6, 6.07) is 9.80. The summed E-state index contributed by atoms with van der Waals surface area (Å²) in [6.45, 7) is 0. The lowest BCUT2D eigenvalue weighted by atomic mass is 10.2. The molecule has 4 aromatic rings. The van der Waals surface area contributed by atoms with Gasteiger partial charge < -0.3 is 24.5 Å². The van der Waals surface area contributed by atoms with Gasteiger partial charge in [-0.05, 0) is 42.0 Å². The van der Waals surface area contributed by atoms with Crippen LogP contribution in [0.1, 0.15) is 5.56 Å². The number of phenols is 1. The van der Waals surface area contributed by atoms with E-state index < -0.39 is 11.2 Å². The number of benzene rings is 2. The molecule has 4 rings (SSSR count). The van der Waals surface area contributed by atoms with E-state index in [2.05, 4.69) is 15.1 Å². The van der Waals surface area contributed by atoms with Crippen molar-refractivity contribution in [3.63, 3.8) is 0 Å². The van der Waals surface area contributed by atoms with Gasteiger partial charge in [-0.15, -0.1) is 4.68 Å². The van der Waals surface area contributed by atoms with E-state index in [1.807, 2.05) is 0 Å². The molecule has 0 atom stereocenters. The van der Waals surface area contributed by atoms with E-state index in [0.717, 1.165) is 4.68 Å². The minimum atomic E-state index is -0.678. The van der Waals surface area contributed by atoms with Gasteiger partial charge in [-0.25, -0.2) is 4.79 Å². The molecule has 142 valence electrons. The third-order valence-electron chi connectivity index (χ3n) is 4.36. The summed E-state index contributed by atoms with van der Waals surface area (Å²) in [6.07, 6.45) is 1.33. The highest BCUT2D eigenvalue weighted by atomic mass is 16.5. The molecule has 0 amide bonds. The van der Waals surface area contributed by atoms with Crippen molar-refractivity contribution in [3.05, 3.63) is 62.8 Å². The standard InChI is InChI=1S/C19H16N4O5/c1-27-11-4-5-13-12(8-11)16-17(21-13)18(25)23(19(26)22-16)20-9-10-3-6-14(24)15(7-10)28-2/h3-9,21,24H,1-2H3,(H,22,26)/b20-9+. The molecule has 0 fully saturated rings. The summed E-state index contributed by atoms with van der Waals surface area (Å²) in [4.78, 5) is 30.9. The van der Waals surface area contributed by atoms with Crippen molar-refractivity contribution in [2.75, 3.05) is 14.2 Å². The summed E-state index contributed by atoms with van der Waals surface area (Å²) in [7, 11) is 2.96. The van der Waals surface area contributed by atoms with E-state index in [0.29, 0.717) is 27.7 Å². The molecule has 9 nitrogen and oxygen atoms in total. The average Bonchev–Trinajstić information content (AvgIpc) is 3.06. The number of hydrogen-bond donors (Lipinski definition) is 3. The molecular weight excluding hydrogens is 364 g/mol. The third kappa shape index (κ3) is 2.78. The van der Waals surface area contributed by atoms with Crippen LogP contribution in [0, 0.1) is 0 Å². The number of fused-ring (bicyclic) bond motifs is 3. The van der Waals surface area contributed by atoms with Crippen LogP contribution in [0.15, 0.2) is 51.1 Å². The van der Waals surface area contributed by atoms with Crippen molar-refractivity contribution in [2.24, 2.45) is 5.10 Å². The maximum Gasteiger partial charge on any atom is 0.350 e. The second kappa shape index (κ2) is 6.62. The highest BCUT2D eigenvalue weighted by Crippen LogP contribution is 2.26. The number of ether oxygens (including phenoxy) is 2. The fraction of sp³-hybridized carbons (Fsp3) is 0.105. The number of aromatic amines is 2. The van der Waals surface area contributed by atoms with E-state index in [1.165, 1.54) is 25.5 Å². The molecule has 0 aliphatic heterocycles. The van der Waals surface area contributed by atoms with Gasteiger partial charge in [0.05, 0.1) is 26.0 Å². The second-order valence-electron chi connectivity index (χ2n) is 6.01. The minimum Gasteiger partial charge on any atom is -0.504 e. The van der Waals surface area contributed by atoms with Crippen LogP contribution >= 0.6 is 0 Å². The fourth-order valence-electron chi connectivity index (χ4n) is 2.95. The Labute approximate surface area is 157 Å².